The molecule has 22 heavy (non-hydrogen) atoms. The summed E-state index contributed by atoms with van der Waals surface area (Å²) in [5, 5.41) is 19.6. The van der Waals surface area contributed by atoms with E-state index in [9.17, 15) is 19.7 Å². The average Bonchev–Trinajstić information content (AvgIpc) is 2.52. The highest BCUT2D eigenvalue weighted by Gasteiger charge is 2.19. The predicted molar refractivity (Wildman–Crippen MR) is 81.3 cm³/mol. The summed E-state index contributed by atoms with van der Waals surface area (Å²) in [6, 6.07) is 12.2. The van der Waals surface area contributed by atoms with Crippen molar-refractivity contribution in [3.05, 3.63) is 69.8 Å². The van der Waals surface area contributed by atoms with Crippen LogP contribution in [0, 0.1) is 10.1 Å². The van der Waals surface area contributed by atoms with Gasteiger partial charge in [-0.2, -0.15) is 0 Å². The molecule has 0 bridgehead atoms. The van der Waals surface area contributed by atoms with E-state index in [1.165, 1.54) is 18.2 Å². The first-order valence-electron chi connectivity index (χ1n) is 6.22. The number of benzene rings is 2. The molecule has 2 rings (SSSR count). The number of thioether (sulfide) groups is 1. The minimum absolute atomic E-state index is 0.131. The zero-order valence-electron chi connectivity index (χ0n) is 11.3. The van der Waals surface area contributed by atoms with Gasteiger partial charge in [-0.25, -0.2) is 0 Å². The Morgan fingerprint density at radius 1 is 1.14 bits per heavy atom. The van der Waals surface area contributed by atoms with Crippen LogP contribution in [0.3, 0.4) is 0 Å². The third-order valence-electron chi connectivity index (χ3n) is 2.81. The second-order valence-electron chi connectivity index (χ2n) is 4.32. The number of carboxylic acids is 1. The molecule has 0 saturated carbocycles. The van der Waals surface area contributed by atoms with Crippen molar-refractivity contribution >= 4 is 29.2 Å². The molecule has 7 heteroatoms. The summed E-state index contributed by atoms with van der Waals surface area (Å²) >= 11 is 0.956. The maximum Gasteiger partial charge on any atom is 0.313 e. The number of carboxylic acid groups (broad SMARTS) is 1. The number of non-ortho nitro benzene ring substituents is 1. The number of aliphatic carboxylic acids is 1. The SMILES string of the molecule is O=C(O)CSc1ccc([N+](=O)[O-])cc1C(=O)c1ccccc1. The van der Waals surface area contributed by atoms with Crippen LogP contribution < -0.4 is 0 Å². The Morgan fingerprint density at radius 2 is 1.82 bits per heavy atom. The molecule has 0 radical (unpaired) electrons. The summed E-state index contributed by atoms with van der Waals surface area (Å²) in [6.07, 6.45) is 0. The summed E-state index contributed by atoms with van der Waals surface area (Å²) in [5.41, 5.74) is 0.311. The van der Waals surface area contributed by atoms with Crippen molar-refractivity contribution in [2.24, 2.45) is 0 Å². The molecule has 2 aromatic carbocycles. The van der Waals surface area contributed by atoms with Gasteiger partial charge < -0.3 is 5.11 Å². The Bertz CT molecular complexity index is 730. The standard InChI is InChI=1S/C15H11NO5S/c17-14(18)9-22-13-7-6-11(16(20)21)8-12(13)15(19)10-4-2-1-3-5-10/h1-8H,9H2,(H,17,18). The fraction of sp³-hybridized carbons (Fsp3) is 0.0667. The fourth-order valence-electron chi connectivity index (χ4n) is 1.82. The lowest BCUT2D eigenvalue weighted by Gasteiger charge is -2.07. The number of hydrogen-bond donors (Lipinski definition) is 1. The maximum absolute atomic E-state index is 12.5. The van der Waals surface area contributed by atoms with Gasteiger partial charge in [-0.1, -0.05) is 30.3 Å². The van der Waals surface area contributed by atoms with Crippen molar-refractivity contribution < 1.29 is 19.6 Å². The van der Waals surface area contributed by atoms with Gasteiger partial charge in [0.1, 0.15) is 0 Å². The van der Waals surface area contributed by atoms with Gasteiger partial charge in [-0.3, -0.25) is 19.7 Å². The van der Waals surface area contributed by atoms with Crippen molar-refractivity contribution in [2.45, 2.75) is 4.90 Å². The van der Waals surface area contributed by atoms with E-state index in [1.807, 2.05) is 0 Å². The quantitative estimate of drug-likeness (QED) is 0.381. The first kappa shape index (κ1) is 15.7. The Kier molecular flexibility index (Phi) is 4.90. The molecule has 112 valence electrons. The van der Waals surface area contributed by atoms with Crippen molar-refractivity contribution in [3.8, 4) is 0 Å². The molecule has 0 heterocycles. The van der Waals surface area contributed by atoms with Crippen LogP contribution in [0.5, 0.6) is 0 Å². The number of ketones is 1. The number of hydrogen-bond acceptors (Lipinski definition) is 5. The van der Waals surface area contributed by atoms with Crippen LogP contribution in [0.1, 0.15) is 15.9 Å². The predicted octanol–water partition coefficient (Wildman–Crippen LogP) is 3.00. The normalized spacial score (nSPS) is 10.2. The Morgan fingerprint density at radius 3 is 2.41 bits per heavy atom. The van der Waals surface area contributed by atoms with Gasteiger partial charge in [0.2, 0.25) is 0 Å². The number of nitrogens with zero attached hydrogens (tertiary/aromatic N) is 1. The van der Waals surface area contributed by atoms with Gasteiger partial charge in [0.15, 0.2) is 5.78 Å². The third kappa shape index (κ3) is 3.70. The molecule has 0 unspecified atom stereocenters. The first-order valence-corrected chi connectivity index (χ1v) is 7.20. The summed E-state index contributed by atoms with van der Waals surface area (Å²) < 4.78 is 0. The number of nitro benzene ring substituents is 1. The van der Waals surface area contributed by atoms with E-state index in [0.717, 1.165) is 11.8 Å². The number of nitro groups is 1. The van der Waals surface area contributed by atoms with E-state index in [4.69, 9.17) is 5.11 Å². The lowest BCUT2D eigenvalue weighted by Crippen LogP contribution is -2.06. The lowest BCUT2D eigenvalue weighted by atomic mass is 10.0. The molecule has 0 spiro atoms. The number of carbonyl (C=O) groups is 2. The first-order chi connectivity index (χ1) is 10.5. The maximum atomic E-state index is 12.5. The molecule has 6 nitrogen and oxygen atoms in total. The van der Waals surface area contributed by atoms with Crippen LogP contribution in [0.4, 0.5) is 5.69 Å². The zero-order chi connectivity index (χ0) is 16.1. The van der Waals surface area contributed by atoms with Gasteiger partial charge in [0.05, 0.1) is 10.7 Å². The smallest absolute Gasteiger partial charge is 0.313 e. The Hall–Kier alpha value is -2.67. The number of carbonyl (C=O) groups excluding carboxylic acids is 1. The van der Waals surface area contributed by atoms with Gasteiger partial charge in [-0.05, 0) is 6.07 Å². The van der Waals surface area contributed by atoms with E-state index in [1.54, 1.807) is 30.3 Å². The van der Waals surface area contributed by atoms with Crippen LogP contribution in [0.15, 0.2) is 53.4 Å². The van der Waals surface area contributed by atoms with Crippen molar-refractivity contribution in [1.29, 1.82) is 0 Å². The minimum Gasteiger partial charge on any atom is -0.481 e. The molecule has 0 aliphatic heterocycles. The highest BCUT2D eigenvalue weighted by atomic mass is 32.2. The van der Waals surface area contributed by atoms with E-state index < -0.39 is 10.9 Å². The lowest BCUT2D eigenvalue weighted by molar-refractivity contribution is -0.384. The zero-order valence-corrected chi connectivity index (χ0v) is 12.1. The summed E-state index contributed by atoms with van der Waals surface area (Å²) in [6.45, 7) is 0. The summed E-state index contributed by atoms with van der Waals surface area (Å²) in [7, 11) is 0. The van der Waals surface area contributed by atoms with Crippen molar-refractivity contribution in [2.75, 3.05) is 5.75 Å². The Balaban J connectivity index is 2.45. The molecule has 0 amide bonds. The molecule has 1 N–H and O–H groups in total. The molecular formula is C15H11NO5S. The van der Waals surface area contributed by atoms with Crippen LogP contribution in [-0.2, 0) is 4.79 Å². The molecular weight excluding hydrogens is 306 g/mol. The summed E-state index contributed by atoms with van der Waals surface area (Å²) in [5.74, 6) is -1.63. The molecule has 0 atom stereocenters. The van der Waals surface area contributed by atoms with E-state index in [-0.39, 0.29) is 22.8 Å². The van der Waals surface area contributed by atoms with Gasteiger partial charge in [-0.15, -0.1) is 11.8 Å². The molecule has 0 saturated heterocycles. The van der Waals surface area contributed by atoms with Crippen LogP contribution in [0.25, 0.3) is 0 Å². The largest absolute Gasteiger partial charge is 0.481 e. The molecule has 2 aromatic rings. The fourth-order valence-corrected chi connectivity index (χ4v) is 2.57. The van der Waals surface area contributed by atoms with Crippen LogP contribution in [-0.4, -0.2) is 27.5 Å². The molecule has 0 aromatic heterocycles. The van der Waals surface area contributed by atoms with Crippen molar-refractivity contribution in [3.63, 3.8) is 0 Å². The minimum atomic E-state index is -1.03. The molecule has 0 aliphatic rings. The highest BCUT2D eigenvalue weighted by molar-refractivity contribution is 8.00. The third-order valence-corrected chi connectivity index (χ3v) is 3.86. The average molecular weight is 317 g/mol. The molecule has 0 aliphatic carbocycles. The van der Waals surface area contributed by atoms with Crippen LogP contribution in [0.2, 0.25) is 0 Å². The van der Waals surface area contributed by atoms with E-state index >= 15 is 0 Å². The van der Waals surface area contributed by atoms with Gasteiger partial charge in [0.25, 0.3) is 5.69 Å². The van der Waals surface area contributed by atoms with Gasteiger partial charge >= 0.3 is 5.97 Å². The van der Waals surface area contributed by atoms with Crippen molar-refractivity contribution in [1.82, 2.24) is 0 Å². The van der Waals surface area contributed by atoms with E-state index in [0.29, 0.717) is 10.5 Å². The monoisotopic (exact) mass is 317 g/mol. The highest BCUT2D eigenvalue weighted by Crippen LogP contribution is 2.28. The second-order valence-corrected chi connectivity index (χ2v) is 5.33. The molecule has 0 fully saturated rings. The summed E-state index contributed by atoms with van der Waals surface area (Å²) in [4.78, 5) is 33.9. The number of rotatable bonds is 6. The van der Waals surface area contributed by atoms with Crippen LogP contribution >= 0.6 is 11.8 Å². The topological polar surface area (TPSA) is 97.5 Å². The Labute approximate surface area is 129 Å². The van der Waals surface area contributed by atoms with Gasteiger partial charge in [0, 0.05) is 28.2 Å². The van der Waals surface area contributed by atoms with E-state index in [2.05, 4.69) is 0 Å². The second kappa shape index (κ2) is 6.86.